The summed E-state index contributed by atoms with van der Waals surface area (Å²) in [5.41, 5.74) is 1.60. The lowest BCUT2D eigenvalue weighted by Crippen LogP contribution is -2.00. The van der Waals surface area contributed by atoms with E-state index in [9.17, 15) is 4.79 Å². The number of halogens is 4. The molecule has 0 aliphatic rings. The van der Waals surface area contributed by atoms with Gasteiger partial charge >= 0.3 is 0 Å². The Balaban J connectivity index is 1.77. The zero-order valence-corrected chi connectivity index (χ0v) is 18.9. The SMILES string of the molecule is COc1ccc(/C=C/C(=O)c2ccc(Cl)s2)cc1COc1cc(Cl)c(Cl)cc1Cl. The van der Waals surface area contributed by atoms with Crippen LogP contribution in [0.25, 0.3) is 6.08 Å². The smallest absolute Gasteiger partial charge is 0.195 e. The van der Waals surface area contributed by atoms with Crippen molar-refractivity contribution >= 4 is 69.6 Å². The van der Waals surface area contributed by atoms with Gasteiger partial charge in [-0.05, 0) is 42.0 Å². The van der Waals surface area contributed by atoms with Crippen molar-refractivity contribution in [2.24, 2.45) is 0 Å². The summed E-state index contributed by atoms with van der Waals surface area (Å²) < 4.78 is 11.8. The molecule has 0 aliphatic carbocycles. The molecule has 0 fully saturated rings. The third-order valence-electron chi connectivity index (χ3n) is 3.91. The lowest BCUT2D eigenvalue weighted by atomic mass is 10.1. The number of carbonyl (C=O) groups is 1. The van der Waals surface area contributed by atoms with E-state index in [1.807, 2.05) is 12.1 Å². The van der Waals surface area contributed by atoms with Gasteiger partial charge in [-0.1, -0.05) is 58.5 Å². The topological polar surface area (TPSA) is 35.5 Å². The molecule has 0 amide bonds. The highest BCUT2D eigenvalue weighted by Gasteiger charge is 2.10. The van der Waals surface area contributed by atoms with E-state index < -0.39 is 0 Å². The number of allylic oxidation sites excluding steroid dienone is 1. The molecule has 0 saturated heterocycles. The lowest BCUT2D eigenvalue weighted by Gasteiger charge is -2.13. The van der Waals surface area contributed by atoms with E-state index in [2.05, 4.69) is 0 Å². The van der Waals surface area contributed by atoms with Crippen molar-refractivity contribution in [2.45, 2.75) is 6.61 Å². The van der Waals surface area contributed by atoms with E-state index in [0.717, 1.165) is 11.1 Å². The Kier molecular flexibility index (Phi) is 7.49. The molecule has 1 heterocycles. The van der Waals surface area contributed by atoms with Crippen LogP contribution in [0.3, 0.4) is 0 Å². The molecule has 0 saturated carbocycles. The molecule has 8 heteroatoms. The average Bonchev–Trinajstić information content (AvgIpc) is 3.14. The van der Waals surface area contributed by atoms with Gasteiger partial charge in [0, 0.05) is 11.6 Å². The number of carbonyl (C=O) groups excluding carboxylic acids is 1. The van der Waals surface area contributed by atoms with Crippen LogP contribution in [-0.4, -0.2) is 12.9 Å². The second-order valence-corrected chi connectivity index (χ2v) is 8.79. The van der Waals surface area contributed by atoms with Gasteiger partial charge in [0.2, 0.25) is 0 Å². The van der Waals surface area contributed by atoms with E-state index in [1.165, 1.54) is 23.5 Å². The van der Waals surface area contributed by atoms with Crippen molar-refractivity contribution in [1.82, 2.24) is 0 Å². The highest BCUT2D eigenvalue weighted by molar-refractivity contribution is 7.18. The van der Waals surface area contributed by atoms with Gasteiger partial charge in [-0.2, -0.15) is 0 Å². The van der Waals surface area contributed by atoms with Crippen molar-refractivity contribution in [3.8, 4) is 11.5 Å². The van der Waals surface area contributed by atoms with E-state index in [1.54, 1.807) is 37.5 Å². The van der Waals surface area contributed by atoms with Crippen molar-refractivity contribution in [3.05, 3.63) is 83.9 Å². The first-order chi connectivity index (χ1) is 13.9. The molecule has 0 bridgehead atoms. The Morgan fingerprint density at radius 3 is 2.41 bits per heavy atom. The molecule has 29 heavy (non-hydrogen) atoms. The Hall–Kier alpha value is -1.69. The number of thiophene rings is 1. The van der Waals surface area contributed by atoms with E-state index >= 15 is 0 Å². The highest BCUT2D eigenvalue weighted by atomic mass is 35.5. The quantitative estimate of drug-likeness (QED) is 0.193. The van der Waals surface area contributed by atoms with Crippen LogP contribution in [-0.2, 0) is 6.61 Å². The molecule has 3 nitrogen and oxygen atoms in total. The minimum atomic E-state index is -0.113. The average molecular weight is 488 g/mol. The number of ether oxygens (including phenoxy) is 2. The molecule has 0 spiro atoms. The van der Waals surface area contributed by atoms with Gasteiger partial charge in [-0.3, -0.25) is 4.79 Å². The fourth-order valence-corrected chi connectivity index (χ4v) is 4.04. The van der Waals surface area contributed by atoms with E-state index in [0.29, 0.717) is 35.8 Å². The molecular formula is C21H14Cl4O3S. The summed E-state index contributed by atoms with van der Waals surface area (Å²) in [6.07, 6.45) is 3.23. The molecule has 0 N–H and O–H groups in total. The lowest BCUT2D eigenvalue weighted by molar-refractivity contribution is 0.105. The Morgan fingerprint density at radius 2 is 1.72 bits per heavy atom. The second-order valence-electron chi connectivity index (χ2n) is 5.86. The standard InChI is InChI=1S/C21H14Cl4O3S/c1-27-18-5-3-12(2-4-17(26)20-6-7-21(25)29-20)8-13(18)11-28-19-10-15(23)14(22)9-16(19)24/h2-10H,11H2,1H3/b4-2+. The second kappa shape index (κ2) is 9.88. The number of rotatable bonds is 7. The Bertz CT molecular complexity index is 1080. The van der Waals surface area contributed by atoms with Crippen molar-refractivity contribution in [3.63, 3.8) is 0 Å². The number of benzene rings is 2. The first kappa shape index (κ1) is 22.0. The molecular weight excluding hydrogens is 474 g/mol. The normalized spacial score (nSPS) is 11.1. The maximum Gasteiger partial charge on any atom is 0.195 e. The van der Waals surface area contributed by atoms with Crippen molar-refractivity contribution < 1.29 is 14.3 Å². The molecule has 0 atom stereocenters. The van der Waals surface area contributed by atoms with Crippen LogP contribution in [0.4, 0.5) is 0 Å². The third-order valence-corrected chi connectivity index (χ3v) is 6.17. The van der Waals surface area contributed by atoms with Crippen LogP contribution in [0, 0.1) is 0 Å². The summed E-state index contributed by atoms with van der Waals surface area (Å²) in [6.45, 7) is 0.191. The largest absolute Gasteiger partial charge is 0.496 e. The number of hydrogen-bond acceptors (Lipinski definition) is 4. The number of ketones is 1. The zero-order chi connectivity index (χ0) is 21.0. The first-order valence-corrected chi connectivity index (χ1v) is 10.6. The predicted molar refractivity (Wildman–Crippen MR) is 121 cm³/mol. The first-order valence-electron chi connectivity index (χ1n) is 8.29. The van der Waals surface area contributed by atoms with Gasteiger partial charge in [0.25, 0.3) is 0 Å². The van der Waals surface area contributed by atoms with Gasteiger partial charge in [0.15, 0.2) is 5.78 Å². The van der Waals surface area contributed by atoms with Gasteiger partial charge in [-0.15, -0.1) is 11.3 Å². The van der Waals surface area contributed by atoms with Crippen LogP contribution in [0.2, 0.25) is 19.4 Å². The molecule has 3 rings (SSSR count). The van der Waals surface area contributed by atoms with Crippen LogP contribution >= 0.6 is 57.7 Å². The number of methoxy groups -OCH3 is 1. The van der Waals surface area contributed by atoms with Crippen LogP contribution in [0.15, 0.2) is 48.5 Å². The fourth-order valence-electron chi connectivity index (χ4n) is 2.49. The fraction of sp³-hybridized carbons (Fsp3) is 0.0952. The van der Waals surface area contributed by atoms with Crippen LogP contribution in [0.5, 0.6) is 11.5 Å². The van der Waals surface area contributed by atoms with Gasteiger partial charge in [-0.25, -0.2) is 0 Å². The summed E-state index contributed by atoms with van der Waals surface area (Å²) >= 11 is 25.3. The minimum absolute atomic E-state index is 0.113. The molecule has 1 aromatic heterocycles. The molecule has 0 unspecified atom stereocenters. The van der Waals surface area contributed by atoms with Gasteiger partial charge in [0.05, 0.1) is 31.4 Å². The van der Waals surface area contributed by atoms with Crippen molar-refractivity contribution in [2.75, 3.05) is 7.11 Å². The third kappa shape index (κ3) is 5.68. The summed E-state index contributed by atoms with van der Waals surface area (Å²) in [4.78, 5) is 12.8. The molecule has 0 radical (unpaired) electrons. The maximum absolute atomic E-state index is 12.2. The Labute approximate surface area is 192 Å². The maximum atomic E-state index is 12.2. The minimum Gasteiger partial charge on any atom is -0.496 e. The van der Waals surface area contributed by atoms with Gasteiger partial charge in [0.1, 0.15) is 18.1 Å². The predicted octanol–water partition coefficient (Wildman–Crippen LogP) is 7.85. The van der Waals surface area contributed by atoms with Crippen LogP contribution < -0.4 is 9.47 Å². The molecule has 0 aliphatic heterocycles. The number of hydrogen-bond donors (Lipinski definition) is 0. The summed E-state index contributed by atoms with van der Waals surface area (Å²) in [6, 6.07) is 12.0. The monoisotopic (exact) mass is 486 g/mol. The summed E-state index contributed by atoms with van der Waals surface area (Å²) in [7, 11) is 1.57. The molecule has 150 valence electrons. The zero-order valence-electron chi connectivity index (χ0n) is 15.0. The van der Waals surface area contributed by atoms with E-state index in [4.69, 9.17) is 55.9 Å². The van der Waals surface area contributed by atoms with Crippen molar-refractivity contribution in [1.29, 1.82) is 0 Å². The molecule has 3 aromatic rings. The van der Waals surface area contributed by atoms with Gasteiger partial charge < -0.3 is 9.47 Å². The summed E-state index contributed by atoms with van der Waals surface area (Å²) in [5, 5.41) is 1.06. The Morgan fingerprint density at radius 1 is 0.966 bits per heavy atom. The highest BCUT2D eigenvalue weighted by Crippen LogP contribution is 2.35. The van der Waals surface area contributed by atoms with Crippen LogP contribution in [0.1, 0.15) is 20.8 Å². The van der Waals surface area contributed by atoms with E-state index in [-0.39, 0.29) is 12.4 Å². The summed E-state index contributed by atoms with van der Waals surface area (Å²) in [5.74, 6) is 0.946. The molecule has 2 aromatic carbocycles.